The Morgan fingerprint density at radius 2 is 2.16 bits per heavy atom. The van der Waals surface area contributed by atoms with Gasteiger partial charge in [-0.1, -0.05) is 0 Å². The van der Waals surface area contributed by atoms with E-state index in [1.165, 1.54) is 11.3 Å². The van der Waals surface area contributed by atoms with Crippen LogP contribution in [0.3, 0.4) is 0 Å². The predicted molar refractivity (Wildman–Crippen MR) is 77.9 cm³/mol. The molecule has 0 saturated carbocycles. The molecule has 6 heteroatoms. The Kier molecular flexibility index (Phi) is 4.11. The van der Waals surface area contributed by atoms with E-state index < -0.39 is 0 Å². The smallest absolute Gasteiger partial charge is 0.259 e. The first-order chi connectivity index (χ1) is 9.10. The fourth-order valence-electron chi connectivity index (χ4n) is 1.51. The molecule has 0 fully saturated rings. The van der Waals surface area contributed by atoms with Crippen molar-refractivity contribution in [1.82, 2.24) is 9.97 Å². The molecule has 0 aromatic carbocycles. The molecule has 0 atom stereocenters. The predicted octanol–water partition coefficient (Wildman–Crippen LogP) is 2.84. The maximum atomic E-state index is 12.0. The first-order valence-electron chi connectivity index (χ1n) is 6.05. The standard InChI is InChI=1S/C13H16N4OS/c1-4-14-11-6-5-10(7-15-11)12(18)17-13-16-8(2)9(3)19-13/h5-7H,4H2,1-3H3,(H,14,15)(H,16,17,18). The molecule has 0 radical (unpaired) electrons. The van der Waals surface area contributed by atoms with Crippen LogP contribution in [-0.4, -0.2) is 22.4 Å². The molecule has 2 heterocycles. The van der Waals surface area contributed by atoms with E-state index in [0.717, 1.165) is 22.9 Å². The van der Waals surface area contributed by atoms with E-state index in [1.54, 1.807) is 18.3 Å². The van der Waals surface area contributed by atoms with Crippen LogP contribution in [0.2, 0.25) is 0 Å². The normalized spacial score (nSPS) is 10.3. The van der Waals surface area contributed by atoms with Crippen molar-refractivity contribution < 1.29 is 4.79 Å². The lowest BCUT2D eigenvalue weighted by molar-refractivity contribution is 0.102. The number of rotatable bonds is 4. The molecule has 100 valence electrons. The molecule has 1 amide bonds. The SMILES string of the molecule is CCNc1ccc(C(=O)Nc2nc(C)c(C)s2)cn1. The van der Waals surface area contributed by atoms with E-state index >= 15 is 0 Å². The molecular weight excluding hydrogens is 260 g/mol. The van der Waals surface area contributed by atoms with Crippen molar-refractivity contribution in [2.75, 3.05) is 17.2 Å². The zero-order chi connectivity index (χ0) is 13.8. The van der Waals surface area contributed by atoms with Crippen LogP contribution in [0.1, 0.15) is 27.9 Å². The Bertz CT molecular complexity index is 557. The molecule has 0 aliphatic rings. The van der Waals surface area contributed by atoms with Gasteiger partial charge in [-0.2, -0.15) is 0 Å². The molecule has 0 saturated heterocycles. The molecule has 5 nitrogen and oxygen atoms in total. The minimum absolute atomic E-state index is 0.190. The summed E-state index contributed by atoms with van der Waals surface area (Å²) in [4.78, 5) is 21.5. The number of carbonyl (C=O) groups is 1. The summed E-state index contributed by atoms with van der Waals surface area (Å²) >= 11 is 1.47. The number of pyridine rings is 1. The maximum absolute atomic E-state index is 12.0. The van der Waals surface area contributed by atoms with Crippen molar-refractivity contribution in [1.29, 1.82) is 0 Å². The minimum Gasteiger partial charge on any atom is -0.370 e. The average molecular weight is 276 g/mol. The number of carbonyl (C=O) groups excluding carboxylic acids is 1. The van der Waals surface area contributed by atoms with Gasteiger partial charge in [-0.3, -0.25) is 10.1 Å². The number of nitrogens with zero attached hydrogens (tertiary/aromatic N) is 2. The number of anilines is 2. The topological polar surface area (TPSA) is 66.9 Å². The minimum atomic E-state index is -0.190. The lowest BCUT2D eigenvalue weighted by atomic mass is 10.2. The zero-order valence-electron chi connectivity index (χ0n) is 11.2. The van der Waals surface area contributed by atoms with Crippen LogP contribution in [0.25, 0.3) is 0 Å². The third kappa shape index (κ3) is 3.29. The molecule has 0 aliphatic carbocycles. The summed E-state index contributed by atoms with van der Waals surface area (Å²) in [6.45, 7) is 6.70. The Balaban J connectivity index is 2.07. The van der Waals surface area contributed by atoms with Crippen molar-refractivity contribution in [3.05, 3.63) is 34.5 Å². The van der Waals surface area contributed by atoms with Crippen LogP contribution >= 0.6 is 11.3 Å². The Labute approximate surface area is 116 Å². The van der Waals surface area contributed by atoms with Gasteiger partial charge in [-0.15, -0.1) is 11.3 Å². The summed E-state index contributed by atoms with van der Waals surface area (Å²) in [7, 11) is 0. The fraction of sp³-hybridized carbons (Fsp3) is 0.308. The molecule has 0 spiro atoms. The van der Waals surface area contributed by atoms with Crippen LogP contribution in [0.5, 0.6) is 0 Å². The maximum Gasteiger partial charge on any atom is 0.259 e. The fourth-order valence-corrected chi connectivity index (χ4v) is 2.32. The van der Waals surface area contributed by atoms with E-state index in [0.29, 0.717) is 10.7 Å². The van der Waals surface area contributed by atoms with Gasteiger partial charge in [0.25, 0.3) is 5.91 Å². The third-order valence-electron chi connectivity index (χ3n) is 2.63. The summed E-state index contributed by atoms with van der Waals surface area (Å²) in [6, 6.07) is 3.53. The number of nitrogens with one attached hydrogen (secondary N) is 2. The zero-order valence-corrected chi connectivity index (χ0v) is 12.0. The second-order valence-corrected chi connectivity index (χ2v) is 5.28. The van der Waals surface area contributed by atoms with E-state index in [4.69, 9.17) is 0 Å². The highest BCUT2D eigenvalue weighted by Gasteiger charge is 2.10. The monoisotopic (exact) mass is 276 g/mol. The highest BCUT2D eigenvalue weighted by molar-refractivity contribution is 7.15. The molecule has 0 aliphatic heterocycles. The molecule has 0 unspecified atom stereocenters. The lowest BCUT2D eigenvalue weighted by Crippen LogP contribution is -2.12. The molecule has 2 aromatic heterocycles. The molecular formula is C13H16N4OS. The van der Waals surface area contributed by atoms with Crippen LogP contribution in [0, 0.1) is 13.8 Å². The Morgan fingerprint density at radius 3 is 2.68 bits per heavy atom. The molecule has 2 aromatic rings. The molecule has 2 rings (SSSR count). The van der Waals surface area contributed by atoms with Gasteiger partial charge >= 0.3 is 0 Å². The van der Waals surface area contributed by atoms with Gasteiger partial charge in [0.2, 0.25) is 0 Å². The Morgan fingerprint density at radius 1 is 1.37 bits per heavy atom. The highest BCUT2D eigenvalue weighted by atomic mass is 32.1. The lowest BCUT2D eigenvalue weighted by Gasteiger charge is -2.04. The summed E-state index contributed by atoms with van der Waals surface area (Å²) in [5, 5.41) is 6.48. The second-order valence-electron chi connectivity index (χ2n) is 4.08. The summed E-state index contributed by atoms with van der Waals surface area (Å²) in [5.74, 6) is 0.573. The van der Waals surface area contributed by atoms with Crippen molar-refractivity contribution >= 4 is 28.2 Å². The van der Waals surface area contributed by atoms with Gasteiger partial charge in [0.15, 0.2) is 5.13 Å². The number of thiazole rings is 1. The van der Waals surface area contributed by atoms with Gasteiger partial charge in [-0.25, -0.2) is 9.97 Å². The van der Waals surface area contributed by atoms with E-state index in [-0.39, 0.29) is 5.91 Å². The van der Waals surface area contributed by atoms with Gasteiger partial charge in [0.05, 0.1) is 11.3 Å². The average Bonchev–Trinajstić information content (AvgIpc) is 2.69. The molecule has 2 N–H and O–H groups in total. The number of hydrogen-bond acceptors (Lipinski definition) is 5. The number of aromatic nitrogens is 2. The van der Waals surface area contributed by atoms with E-state index in [1.807, 2.05) is 20.8 Å². The van der Waals surface area contributed by atoms with Crippen LogP contribution < -0.4 is 10.6 Å². The van der Waals surface area contributed by atoms with Gasteiger partial charge in [-0.05, 0) is 32.9 Å². The van der Waals surface area contributed by atoms with Crippen LogP contribution in [-0.2, 0) is 0 Å². The van der Waals surface area contributed by atoms with Gasteiger partial charge in [0.1, 0.15) is 5.82 Å². The van der Waals surface area contributed by atoms with E-state index in [2.05, 4.69) is 20.6 Å². The Hall–Kier alpha value is -1.95. The quantitative estimate of drug-likeness (QED) is 0.901. The van der Waals surface area contributed by atoms with Crippen molar-refractivity contribution in [2.24, 2.45) is 0 Å². The number of amides is 1. The van der Waals surface area contributed by atoms with Crippen molar-refractivity contribution in [3.63, 3.8) is 0 Å². The summed E-state index contributed by atoms with van der Waals surface area (Å²) in [5.41, 5.74) is 1.47. The summed E-state index contributed by atoms with van der Waals surface area (Å²) < 4.78 is 0. The number of aryl methyl sites for hydroxylation is 2. The summed E-state index contributed by atoms with van der Waals surface area (Å²) in [6.07, 6.45) is 1.56. The first kappa shape index (κ1) is 13.5. The van der Waals surface area contributed by atoms with Crippen molar-refractivity contribution in [3.8, 4) is 0 Å². The number of hydrogen-bond donors (Lipinski definition) is 2. The van der Waals surface area contributed by atoms with Crippen LogP contribution in [0.15, 0.2) is 18.3 Å². The second kappa shape index (κ2) is 5.79. The largest absolute Gasteiger partial charge is 0.370 e. The van der Waals surface area contributed by atoms with Crippen LogP contribution in [0.4, 0.5) is 10.9 Å². The molecule has 19 heavy (non-hydrogen) atoms. The van der Waals surface area contributed by atoms with Crippen molar-refractivity contribution in [2.45, 2.75) is 20.8 Å². The molecule has 0 bridgehead atoms. The van der Waals surface area contributed by atoms with Gasteiger partial charge < -0.3 is 5.32 Å². The highest BCUT2D eigenvalue weighted by Crippen LogP contribution is 2.21. The van der Waals surface area contributed by atoms with E-state index in [9.17, 15) is 4.79 Å². The first-order valence-corrected chi connectivity index (χ1v) is 6.87. The van der Waals surface area contributed by atoms with Gasteiger partial charge in [0, 0.05) is 17.6 Å². The third-order valence-corrected chi connectivity index (χ3v) is 3.62.